The van der Waals surface area contributed by atoms with E-state index in [1.54, 1.807) is 0 Å². The Balaban J connectivity index is 1.91. The van der Waals surface area contributed by atoms with Crippen molar-refractivity contribution >= 4 is 28.6 Å². The maximum absolute atomic E-state index is 11.0. The van der Waals surface area contributed by atoms with Crippen molar-refractivity contribution in [2.45, 2.75) is 5.16 Å². The summed E-state index contributed by atoms with van der Waals surface area (Å²) < 4.78 is 1.89. The number of carbonyl (C=O) groups is 1. The number of aliphatic carboxylic acids is 1. The topological polar surface area (TPSA) is 83.8 Å². The Morgan fingerprint density at radius 2 is 1.92 bits per heavy atom. The van der Waals surface area contributed by atoms with E-state index >= 15 is 0 Å². The van der Waals surface area contributed by atoms with Crippen LogP contribution in [-0.4, -0.2) is 36.6 Å². The normalized spacial score (nSPS) is 11.0. The van der Waals surface area contributed by atoms with Crippen LogP contribution in [-0.2, 0) is 4.79 Å². The molecule has 124 valence electrons. The van der Waals surface area contributed by atoms with Gasteiger partial charge < -0.3 is 10.1 Å². The zero-order valence-corrected chi connectivity index (χ0v) is 13.9. The molecule has 2 aromatic carbocycles. The minimum atomic E-state index is -0.888. The van der Waals surface area contributed by atoms with Gasteiger partial charge in [0.25, 0.3) is 0 Å². The van der Waals surface area contributed by atoms with Crippen LogP contribution in [0.3, 0.4) is 0 Å². The SMILES string of the molecule is O=C(O)CSc1nnc(-c2cccc3cc[nH]c23)n1-c1ccccc1. The standard InChI is InChI=1S/C18H14N4O2S/c23-15(24)11-25-18-21-20-17(22(18)13-6-2-1-3-7-13)14-8-4-5-12-9-10-19-16(12)14/h1-10,19H,11H2,(H,23,24). The van der Waals surface area contributed by atoms with Gasteiger partial charge >= 0.3 is 5.97 Å². The first-order valence-corrected chi connectivity index (χ1v) is 8.64. The molecule has 0 aliphatic carbocycles. The van der Waals surface area contributed by atoms with E-state index in [2.05, 4.69) is 15.2 Å². The van der Waals surface area contributed by atoms with E-state index in [-0.39, 0.29) is 5.75 Å². The van der Waals surface area contributed by atoms with Gasteiger partial charge in [0.1, 0.15) is 0 Å². The van der Waals surface area contributed by atoms with Gasteiger partial charge in [0.15, 0.2) is 11.0 Å². The molecule has 0 aliphatic heterocycles. The number of hydrogen-bond acceptors (Lipinski definition) is 4. The first kappa shape index (κ1) is 15.5. The summed E-state index contributed by atoms with van der Waals surface area (Å²) in [6.07, 6.45) is 1.89. The summed E-state index contributed by atoms with van der Waals surface area (Å²) in [6.45, 7) is 0. The number of aromatic nitrogens is 4. The highest BCUT2D eigenvalue weighted by molar-refractivity contribution is 7.99. The summed E-state index contributed by atoms with van der Waals surface area (Å²) in [7, 11) is 0. The van der Waals surface area contributed by atoms with Crippen LogP contribution >= 0.6 is 11.8 Å². The van der Waals surface area contributed by atoms with Gasteiger partial charge in [-0.15, -0.1) is 10.2 Å². The summed E-state index contributed by atoms with van der Waals surface area (Å²) in [5.74, 6) is -0.287. The minimum absolute atomic E-state index is 0.0718. The fourth-order valence-corrected chi connectivity index (χ4v) is 3.42. The first-order valence-electron chi connectivity index (χ1n) is 7.66. The van der Waals surface area contributed by atoms with Crippen LogP contribution in [0.1, 0.15) is 0 Å². The summed E-state index contributed by atoms with van der Waals surface area (Å²) in [5.41, 5.74) is 2.78. The Kier molecular flexibility index (Phi) is 3.99. The third-order valence-electron chi connectivity index (χ3n) is 3.80. The van der Waals surface area contributed by atoms with Crippen molar-refractivity contribution in [3.63, 3.8) is 0 Å². The number of rotatable bonds is 5. The summed E-state index contributed by atoms with van der Waals surface area (Å²) in [6, 6.07) is 17.7. The molecular formula is C18H14N4O2S. The van der Waals surface area contributed by atoms with Gasteiger partial charge in [0.05, 0.1) is 11.3 Å². The zero-order chi connectivity index (χ0) is 17.2. The molecule has 0 fully saturated rings. The van der Waals surface area contributed by atoms with E-state index in [9.17, 15) is 4.79 Å². The number of fused-ring (bicyclic) bond motifs is 1. The lowest BCUT2D eigenvalue weighted by atomic mass is 10.1. The van der Waals surface area contributed by atoms with Gasteiger partial charge in [0.2, 0.25) is 0 Å². The Morgan fingerprint density at radius 3 is 2.72 bits per heavy atom. The second kappa shape index (κ2) is 6.45. The van der Waals surface area contributed by atoms with Crippen molar-refractivity contribution in [1.82, 2.24) is 19.7 Å². The van der Waals surface area contributed by atoms with Crippen LogP contribution in [0.4, 0.5) is 0 Å². The van der Waals surface area contributed by atoms with Crippen LogP contribution in [0.5, 0.6) is 0 Å². The number of carboxylic acid groups (broad SMARTS) is 1. The first-order chi connectivity index (χ1) is 12.2. The Bertz CT molecular complexity index is 1040. The fourth-order valence-electron chi connectivity index (χ4n) is 2.75. The molecule has 0 atom stereocenters. The van der Waals surface area contributed by atoms with Crippen molar-refractivity contribution in [1.29, 1.82) is 0 Å². The highest BCUT2D eigenvalue weighted by Crippen LogP contribution is 2.31. The van der Waals surface area contributed by atoms with E-state index in [1.165, 1.54) is 0 Å². The number of hydrogen-bond donors (Lipinski definition) is 2. The quantitative estimate of drug-likeness (QED) is 0.537. The lowest BCUT2D eigenvalue weighted by molar-refractivity contribution is -0.133. The number of aromatic amines is 1. The summed E-state index contributed by atoms with van der Waals surface area (Å²) in [4.78, 5) is 14.2. The zero-order valence-electron chi connectivity index (χ0n) is 13.1. The lowest BCUT2D eigenvalue weighted by Gasteiger charge is -2.10. The number of nitrogens with zero attached hydrogens (tertiary/aromatic N) is 3. The van der Waals surface area contributed by atoms with Crippen LogP contribution in [0, 0.1) is 0 Å². The molecule has 4 rings (SSSR count). The molecule has 0 spiro atoms. The lowest BCUT2D eigenvalue weighted by Crippen LogP contribution is -2.03. The van der Waals surface area contributed by atoms with E-state index in [0.717, 1.165) is 33.9 Å². The summed E-state index contributed by atoms with van der Waals surface area (Å²) in [5, 5.41) is 19.2. The summed E-state index contributed by atoms with van der Waals surface area (Å²) >= 11 is 1.15. The van der Waals surface area contributed by atoms with Crippen LogP contribution in [0.2, 0.25) is 0 Å². The maximum atomic E-state index is 11.0. The molecule has 0 unspecified atom stereocenters. The second-order valence-corrected chi connectivity index (χ2v) is 6.35. The average molecular weight is 350 g/mol. The largest absolute Gasteiger partial charge is 0.481 e. The van der Waals surface area contributed by atoms with Gasteiger partial charge in [-0.1, -0.05) is 42.1 Å². The van der Waals surface area contributed by atoms with Gasteiger partial charge in [-0.2, -0.15) is 0 Å². The van der Waals surface area contributed by atoms with Crippen molar-refractivity contribution in [2.24, 2.45) is 0 Å². The smallest absolute Gasteiger partial charge is 0.313 e. The molecule has 0 saturated heterocycles. The monoisotopic (exact) mass is 350 g/mol. The Morgan fingerprint density at radius 1 is 1.08 bits per heavy atom. The van der Waals surface area contributed by atoms with Gasteiger partial charge in [-0.05, 0) is 24.3 Å². The number of H-pyrrole nitrogens is 1. The van der Waals surface area contributed by atoms with Gasteiger partial charge in [-0.3, -0.25) is 9.36 Å². The molecule has 2 N–H and O–H groups in total. The molecular weight excluding hydrogens is 336 g/mol. The van der Waals surface area contributed by atoms with E-state index in [0.29, 0.717) is 11.0 Å². The molecule has 4 aromatic rings. The minimum Gasteiger partial charge on any atom is -0.481 e. The molecule has 2 aromatic heterocycles. The highest BCUT2D eigenvalue weighted by atomic mass is 32.2. The van der Waals surface area contributed by atoms with Gasteiger partial charge in [0, 0.05) is 22.8 Å². The molecule has 2 heterocycles. The third kappa shape index (κ3) is 2.89. The predicted octanol–water partition coefficient (Wildman–Crippen LogP) is 3.59. The van der Waals surface area contributed by atoms with E-state index in [1.807, 2.05) is 65.4 Å². The second-order valence-electron chi connectivity index (χ2n) is 5.41. The molecule has 6 nitrogen and oxygen atoms in total. The Labute approximate surface area is 147 Å². The number of para-hydroxylation sites is 2. The molecule has 25 heavy (non-hydrogen) atoms. The molecule has 0 saturated carbocycles. The van der Waals surface area contributed by atoms with Gasteiger partial charge in [-0.25, -0.2) is 0 Å². The number of thioether (sulfide) groups is 1. The van der Waals surface area contributed by atoms with Crippen LogP contribution < -0.4 is 0 Å². The third-order valence-corrected chi connectivity index (χ3v) is 4.71. The molecule has 0 bridgehead atoms. The number of carboxylic acids is 1. The fraction of sp³-hybridized carbons (Fsp3) is 0.0556. The molecule has 0 radical (unpaired) electrons. The Hall–Kier alpha value is -3.06. The molecule has 7 heteroatoms. The number of nitrogens with one attached hydrogen (secondary N) is 1. The molecule has 0 aliphatic rings. The molecule has 0 amide bonds. The van der Waals surface area contributed by atoms with Crippen molar-refractivity contribution in [3.05, 3.63) is 60.8 Å². The maximum Gasteiger partial charge on any atom is 0.313 e. The van der Waals surface area contributed by atoms with E-state index < -0.39 is 5.97 Å². The van der Waals surface area contributed by atoms with E-state index in [4.69, 9.17) is 5.11 Å². The van der Waals surface area contributed by atoms with Crippen molar-refractivity contribution < 1.29 is 9.90 Å². The average Bonchev–Trinajstić information content (AvgIpc) is 3.27. The van der Waals surface area contributed by atoms with Crippen molar-refractivity contribution in [3.8, 4) is 17.1 Å². The van der Waals surface area contributed by atoms with Crippen molar-refractivity contribution in [2.75, 3.05) is 5.75 Å². The predicted molar refractivity (Wildman–Crippen MR) is 97.0 cm³/mol. The number of benzene rings is 2. The van der Waals surface area contributed by atoms with Crippen LogP contribution in [0.15, 0.2) is 66.0 Å². The van der Waals surface area contributed by atoms with Crippen LogP contribution in [0.25, 0.3) is 28.0 Å². The highest BCUT2D eigenvalue weighted by Gasteiger charge is 2.18.